The maximum Gasteiger partial charge on any atom is 0.297 e. The van der Waals surface area contributed by atoms with E-state index in [9.17, 15) is 8.42 Å². The third-order valence-corrected chi connectivity index (χ3v) is 5.17. The molecule has 0 aromatic heterocycles. The number of ether oxygens (including phenoxy) is 1. The van der Waals surface area contributed by atoms with Gasteiger partial charge in [0.25, 0.3) is 10.1 Å². The Labute approximate surface area is 150 Å². The highest BCUT2D eigenvalue weighted by Gasteiger charge is 2.18. The molecule has 2 atom stereocenters. The minimum Gasteiger partial charge on any atom is -0.373 e. The van der Waals surface area contributed by atoms with Crippen LogP contribution in [0.25, 0.3) is 0 Å². The van der Waals surface area contributed by atoms with Crippen LogP contribution in [0, 0.1) is 13.8 Å². The fourth-order valence-corrected chi connectivity index (χ4v) is 3.47. The lowest BCUT2D eigenvalue weighted by Crippen LogP contribution is -2.25. The average molecular weight is 362 g/mol. The fraction of sp³-hybridized carbons (Fsp3) is 0.400. The van der Waals surface area contributed by atoms with Crippen LogP contribution in [0.3, 0.4) is 0 Å². The Kier molecular flexibility index (Phi) is 6.76. The molecule has 0 saturated carbocycles. The van der Waals surface area contributed by atoms with Crippen LogP contribution in [0.5, 0.6) is 0 Å². The molecule has 0 bridgehead atoms. The highest BCUT2D eigenvalue weighted by molar-refractivity contribution is 7.86. The molecule has 0 N–H and O–H groups in total. The van der Waals surface area contributed by atoms with Crippen molar-refractivity contribution in [3.63, 3.8) is 0 Å². The predicted octanol–water partition coefficient (Wildman–Crippen LogP) is 4.05. The summed E-state index contributed by atoms with van der Waals surface area (Å²) in [6.07, 6.45) is 0.430. The molecule has 2 aromatic carbocycles. The number of hydrogen-bond donors (Lipinski definition) is 0. The topological polar surface area (TPSA) is 52.6 Å². The van der Waals surface area contributed by atoms with Gasteiger partial charge in [0, 0.05) is 0 Å². The van der Waals surface area contributed by atoms with Crippen LogP contribution in [-0.2, 0) is 25.5 Å². The van der Waals surface area contributed by atoms with Crippen LogP contribution >= 0.6 is 0 Å². The van der Waals surface area contributed by atoms with E-state index < -0.39 is 10.1 Å². The third kappa shape index (κ3) is 6.27. The van der Waals surface area contributed by atoms with E-state index in [0.29, 0.717) is 0 Å². The van der Waals surface area contributed by atoms with Gasteiger partial charge >= 0.3 is 0 Å². The molecule has 2 rings (SSSR count). The second kappa shape index (κ2) is 8.61. The highest BCUT2D eigenvalue weighted by atomic mass is 32.2. The van der Waals surface area contributed by atoms with E-state index in [1.807, 2.05) is 20.8 Å². The van der Waals surface area contributed by atoms with E-state index in [0.717, 1.165) is 12.0 Å². The van der Waals surface area contributed by atoms with Crippen molar-refractivity contribution in [3.8, 4) is 0 Å². The summed E-state index contributed by atoms with van der Waals surface area (Å²) < 4.78 is 35.3. The first kappa shape index (κ1) is 19.6. The van der Waals surface area contributed by atoms with E-state index >= 15 is 0 Å². The molecule has 0 amide bonds. The second-order valence-electron chi connectivity index (χ2n) is 6.50. The Hall–Kier alpha value is -1.69. The average Bonchev–Trinajstić information content (AvgIpc) is 2.55. The summed E-state index contributed by atoms with van der Waals surface area (Å²) in [6.45, 7) is 7.75. The molecule has 25 heavy (non-hydrogen) atoms. The second-order valence-corrected chi connectivity index (χ2v) is 8.11. The van der Waals surface area contributed by atoms with Gasteiger partial charge in [-0.1, -0.05) is 47.5 Å². The Balaban J connectivity index is 1.84. The molecular formula is C20H26O4S. The van der Waals surface area contributed by atoms with Crippen LogP contribution in [0.15, 0.2) is 53.4 Å². The summed E-state index contributed by atoms with van der Waals surface area (Å²) >= 11 is 0. The van der Waals surface area contributed by atoms with Gasteiger partial charge in [0.15, 0.2) is 0 Å². The van der Waals surface area contributed by atoms with Gasteiger partial charge in [0.05, 0.1) is 23.7 Å². The van der Waals surface area contributed by atoms with Gasteiger partial charge in [0.2, 0.25) is 0 Å². The van der Waals surface area contributed by atoms with Crippen molar-refractivity contribution in [1.29, 1.82) is 0 Å². The SMILES string of the molecule is Cc1ccc(C[C@H](C)O[C@H](C)COS(=O)(=O)c2ccc(C)cc2)cc1. The van der Waals surface area contributed by atoms with E-state index in [4.69, 9.17) is 8.92 Å². The first-order valence-electron chi connectivity index (χ1n) is 8.43. The predicted molar refractivity (Wildman–Crippen MR) is 99.2 cm³/mol. The van der Waals surface area contributed by atoms with E-state index in [-0.39, 0.29) is 23.7 Å². The summed E-state index contributed by atoms with van der Waals surface area (Å²) in [7, 11) is -3.75. The Bertz CT molecular complexity index is 764. The quantitative estimate of drug-likeness (QED) is 0.665. The van der Waals surface area contributed by atoms with Gasteiger partial charge in [-0.25, -0.2) is 0 Å². The number of rotatable bonds is 8. The lowest BCUT2D eigenvalue weighted by atomic mass is 10.1. The number of hydrogen-bond acceptors (Lipinski definition) is 4. The van der Waals surface area contributed by atoms with Crippen LogP contribution in [0.2, 0.25) is 0 Å². The molecule has 4 nitrogen and oxygen atoms in total. The molecule has 0 heterocycles. The molecule has 0 saturated heterocycles. The molecular weight excluding hydrogens is 336 g/mol. The smallest absolute Gasteiger partial charge is 0.297 e. The summed E-state index contributed by atoms with van der Waals surface area (Å²) in [6, 6.07) is 14.9. The highest BCUT2D eigenvalue weighted by Crippen LogP contribution is 2.15. The van der Waals surface area contributed by atoms with Crippen LogP contribution in [0.4, 0.5) is 0 Å². The molecule has 5 heteroatoms. The van der Waals surface area contributed by atoms with Crippen molar-refractivity contribution in [2.45, 2.75) is 51.2 Å². The van der Waals surface area contributed by atoms with Gasteiger partial charge in [-0.3, -0.25) is 4.18 Å². The third-order valence-electron chi connectivity index (χ3n) is 3.88. The molecule has 0 aliphatic carbocycles. The summed E-state index contributed by atoms with van der Waals surface area (Å²) in [5.41, 5.74) is 3.42. The van der Waals surface area contributed by atoms with Crippen molar-refractivity contribution in [1.82, 2.24) is 0 Å². The largest absolute Gasteiger partial charge is 0.373 e. The van der Waals surface area contributed by atoms with Crippen molar-refractivity contribution in [2.75, 3.05) is 6.61 Å². The first-order valence-corrected chi connectivity index (χ1v) is 9.84. The molecule has 2 aromatic rings. The maximum atomic E-state index is 12.2. The lowest BCUT2D eigenvalue weighted by molar-refractivity contribution is -0.0134. The zero-order chi connectivity index (χ0) is 18.4. The van der Waals surface area contributed by atoms with Gasteiger partial charge in [-0.05, 0) is 51.8 Å². The number of aryl methyl sites for hydroxylation is 2. The number of benzene rings is 2. The van der Waals surface area contributed by atoms with Gasteiger partial charge in [-0.2, -0.15) is 8.42 Å². The van der Waals surface area contributed by atoms with Gasteiger partial charge in [0.1, 0.15) is 0 Å². The molecule has 0 radical (unpaired) electrons. The van der Waals surface area contributed by atoms with Crippen molar-refractivity contribution >= 4 is 10.1 Å². The van der Waals surface area contributed by atoms with E-state index in [1.54, 1.807) is 24.3 Å². The lowest BCUT2D eigenvalue weighted by Gasteiger charge is -2.19. The summed E-state index contributed by atoms with van der Waals surface area (Å²) in [5.74, 6) is 0. The molecule has 0 aliphatic heterocycles. The van der Waals surface area contributed by atoms with Crippen molar-refractivity contribution in [3.05, 3.63) is 65.2 Å². The van der Waals surface area contributed by atoms with Gasteiger partial charge in [-0.15, -0.1) is 0 Å². The van der Waals surface area contributed by atoms with Gasteiger partial charge < -0.3 is 4.74 Å². The fourth-order valence-electron chi connectivity index (χ4n) is 2.50. The zero-order valence-electron chi connectivity index (χ0n) is 15.2. The minimum absolute atomic E-state index is 0.00551. The monoisotopic (exact) mass is 362 g/mol. The van der Waals surface area contributed by atoms with Crippen LogP contribution in [-0.4, -0.2) is 27.2 Å². The first-order chi connectivity index (χ1) is 11.8. The Morgan fingerprint density at radius 3 is 1.92 bits per heavy atom. The minimum atomic E-state index is -3.75. The molecule has 0 unspecified atom stereocenters. The normalized spacial score (nSPS) is 14.2. The van der Waals surface area contributed by atoms with E-state index in [1.165, 1.54) is 11.1 Å². The van der Waals surface area contributed by atoms with Crippen molar-refractivity contribution < 1.29 is 17.3 Å². The van der Waals surface area contributed by atoms with Crippen molar-refractivity contribution in [2.24, 2.45) is 0 Å². The molecule has 0 spiro atoms. The van der Waals surface area contributed by atoms with E-state index in [2.05, 4.69) is 31.2 Å². The Morgan fingerprint density at radius 2 is 1.36 bits per heavy atom. The standard InChI is InChI=1S/C20H26O4S/c1-15-5-9-19(10-6-15)13-17(3)24-18(4)14-23-25(21,22)20-11-7-16(2)8-12-20/h5-12,17-18H,13-14H2,1-4H3/t17-,18+/m0/s1. The Morgan fingerprint density at radius 1 is 0.840 bits per heavy atom. The van der Waals surface area contributed by atoms with Crippen LogP contribution in [0.1, 0.15) is 30.5 Å². The summed E-state index contributed by atoms with van der Waals surface area (Å²) in [4.78, 5) is 0.165. The molecule has 0 fully saturated rings. The zero-order valence-corrected chi connectivity index (χ0v) is 16.0. The maximum absolute atomic E-state index is 12.2. The summed E-state index contributed by atoms with van der Waals surface area (Å²) in [5, 5.41) is 0. The molecule has 0 aliphatic rings. The van der Waals surface area contributed by atoms with Crippen LogP contribution < -0.4 is 0 Å². The molecule has 136 valence electrons.